The number of hydrogen-bond acceptors (Lipinski definition) is 2. The summed E-state index contributed by atoms with van der Waals surface area (Å²) in [5.41, 5.74) is 2.58. The van der Waals surface area contributed by atoms with Gasteiger partial charge in [0.05, 0.1) is 0 Å². The maximum atomic E-state index is 5.87. The van der Waals surface area contributed by atoms with E-state index in [0.717, 1.165) is 5.56 Å². The van der Waals surface area contributed by atoms with Gasteiger partial charge < -0.3 is 9.47 Å². The summed E-state index contributed by atoms with van der Waals surface area (Å²) in [6, 6.07) is 10.0. The molecule has 0 N–H and O–H groups in total. The molecule has 1 aromatic carbocycles. The van der Waals surface area contributed by atoms with Crippen LogP contribution in [0, 0.1) is 0 Å². The molecule has 0 saturated carbocycles. The highest BCUT2D eigenvalue weighted by atomic mass is 35.5. The van der Waals surface area contributed by atoms with Crippen LogP contribution in [0.2, 0.25) is 0 Å². The van der Waals surface area contributed by atoms with Crippen molar-refractivity contribution < 1.29 is 9.47 Å². The molecule has 0 bridgehead atoms. The van der Waals surface area contributed by atoms with Gasteiger partial charge in [-0.2, -0.15) is 0 Å². The standard InChI is InChI=1S/C13H15ClO2/c1-13(2)15-11(8-9-14)12(16-13)10-6-4-3-5-7-10/h3-9,11-12H,1-2H3/b9-8-/t11-,12-/m0/s1. The molecular formula is C13H15ClO2. The molecule has 1 fully saturated rings. The van der Waals surface area contributed by atoms with Gasteiger partial charge in [0.15, 0.2) is 5.79 Å². The molecule has 0 spiro atoms. The lowest BCUT2D eigenvalue weighted by atomic mass is 10.1. The van der Waals surface area contributed by atoms with E-state index in [4.69, 9.17) is 21.1 Å². The average molecular weight is 239 g/mol. The minimum atomic E-state index is -0.568. The van der Waals surface area contributed by atoms with Gasteiger partial charge in [-0.15, -0.1) is 0 Å². The highest BCUT2D eigenvalue weighted by Crippen LogP contribution is 2.38. The van der Waals surface area contributed by atoms with Gasteiger partial charge in [-0.1, -0.05) is 41.9 Å². The average Bonchev–Trinajstić information content (AvgIpc) is 2.56. The summed E-state index contributed by atoms with van der Waals surface area (Å²) in [6.07, 6.45) is 1.59. The lowest BCUT2D eigenvalue weighted by Gasteiger charge is -2.16. The fraction of sp³-hybridized carbons (Fsp3) is 0.385. The highest BCUT2D eigenvalue weighted by Gasteiger charge is 2.40. The van der Waals surface area contributed by atoms with Gasteiger partial charge in [0.2, 0.25) is 0 Å². The highest BCUT2D eigenvalue weighted by molar-refractivity contribution is 6.25. The molecule has 2 rings (SSSR count). The van der Waals surface area contributed by atoms with Crippen LogP contribution in [0.4, 0.5) is 0 Å². The molecule has 16 heavy (non-hydrogen) atoms. The van der Waals surface area contributed by atoms with Crippen molar-refractivity contribution >= 4 is 11.6 Å². The Morgan fingerprint density at radius 3 is 2.50 bits per heavy atom. The molecule has 86 valence electrons. The van der Waals surface area contributed by atoms with Crippen LogP contribution in [0.1, 0.15) is 25.5 Å². The second-order valence-electron chi connectivity index (χ2n) is 4.25. The minimum Gasteiger partial charge on any atom is -0.340 e. The largest absolute Gasteiger partial charge is 0.340 e. The first-order chi connectivity index (χ1) is 7.62. The smallest absolute Gasteiger partial charge is 0.164 e. The van der Waals surface area contributed by atoms with Gasteiger partial charge in [-0.05, 0) is 25.5 Å². The van der Waals surface area contributed by atoms with E-state index in [-0.39, 0.29) is 12.2 Å². The van der Waals surface area contributed by atoms with E-state index < -0.39 is 5.79 Å². The topological polar surface area (TPSA) is 18.5 Å². The van der Waals surface area contributed by atoms with Crippen molar-refractivity contribution in [2.75, 3.05) is 0 Å². The SMILES string of the molecule is CC1(C)O[C@@H](/C=C\Cl)[C@H](c2ccccc2)O1. The zero-order chi connectivity index (χ0) is 11.6. The number of ether oxygens (including phenoxy) is 2. The van der Waals surface area contributed by atoms with Crippen molar-refractivity contribution in [3.05, 3.63) is 47.5 Å². The summed E-state index contributed by atoms with van der Waals surface area (Å²) in [5.74, 6) is -0.568. The maximum absolute atomic E-state index is 5.87. The summed E-state index contributed by atoms with van der Waals surface area (Å²) in [7, 11) is 0. The van der Waals surface area contributed by atoms with E-state index >= 15 is 0 Å². The molecule has 3 heteroatoms. The summed E-state index contributed by atoms with van der Waals surface area (Å²) in [6.45, 7) is 3.82. The van der Waals surface area contributed by atoms with Crippen molar-refractivity contribution in [1.82, 2.24) is 0 Å². The molecule has 1 heterocycles. The van der Waals surface area contributed by atoms with Crippen molar-refractivity contribution in [3.8, 4) is 0 Å². The van der Waals surface area contributed by atoms with Gasteiger partial charge >= 0.3 is 0 Å². The third kappa shape index (κ3) is 2.46. The number of rotatable bonds is 2. The Bertz CT molecular complexity index is 373. The van der Waals surface area contributed by atoms with Crippen LogP contribution in [-0.2, 0) is 9.47 Å². The summed E-state index contributed by atoms with van der Waals surface area (Å²) < 4.78 is 11.6. The predicted octanol–water partition coefficient (Wildman–Crippen LogP) is 3.63. The van der Waals surface area contributed by atoms with Crippen LogP contribution >= 0.6 is 11.6 Å². The predicted molar refractivity (Wildman–Crippen MR) is 64.2 cm³/mol. The van der Waals surface area contributed by atoms with Gasteiger partial charge in [-0.25, -0.2) is 0 Å². The van der Waals surface area contributed by atoms with E-state index in [1.54, 1.807) is 0 Å². The van der Waals surface area contributed by atoms with Crippen LogP contribution in [0.25, 0.3) is 0 Å². The van der Waals surface area contributed by atoms with E-state index in [2.05, 4.69) is 0 Å². The molecule has 1 aliphatic rings. The molecule has 0 aliphatic carbocycles. The maximum Gasteiger partial charge on any atom is 0.164 e. The molecular weight excluding hydrogens is 224 g/mol. The molecule has 0 aromatic heterocycles. The van der Waals surface area contributed by atoms with E-state index in [1.165, 1.54) is 5.54 Å². The Balaban J connectivity index is 2.26. The van der Waals surface area contributed by atoms with Crippen molar-refractivity contribution in [1.29, 1.82) is 0 Å². The quantitative estimate of drug-likeness (QED) is 0.783. The molecule has 2 atom stereocenters. The fourth-order valence-electron chi connectivity index (χ4n) is 1.90. The van der Waals surface area contributed by atoms with Crippen molar-refractivity contribution in [3.63, 3.8) is 0 Å². The van der Waals surface area contributed by atoms with E-state index in [1.807, 2.05) is 50.3 Å². The Hall–Kier alpha value is -0.830. The van der Waals surface area contributed by atoms with E-state index in [0.29, 0.717) is 0 Å². The Kier molecular flexibility index (Phi) is 3.33. The monoisotopic (exact) mass is 238 g/mol. The first-order valence-corrected chi connectivity index (χ1v) is 5.73. The van der Waals surface area contributed by atoms with Crippen LogP contribution < -0.4 is 0 Å². The van der Waals surface area contributed by atoms with Gasteiger partial charge in [0.25, 0.3) is 0 Å². The molecule has 1 aliphatic heterocycles. The molecule has 0 radical (unpaired) electrons. The molecule has 0 unspecified atom stereocenters. The van der Waals surface area contributed by atoms with Crippen molar-refractivity contribution in [2.24, 2.45) is 0 Å². The normalized spacial score (nSPS) is 28.7. The number of benzene rings is 1. The Morgan fingerprint density at radius 2 is 1.88 bits per heavy atom. The van der Waals surface area contributed by atoms with Gasteiger partial charge in [0.1, 0.15) is 12.2 Å². The van der Waals surface area contributed by atoms with Gasteiger partial charge in [-0.3, -0.25) is 0 Å². The number of hydrogen-bond donors (Lipinski definition) is 0. The summed E-state index contributed by atoms with van der Waals surface area (Å²) in [4.78, 5) is 0. The third-order valence-corrected chi connectivity index (χ3v) is 2.67. The minimum absolute atomic E-state index is 0.0915. The van der Waals surface area contributed by atoms with Crippen LogP contribution in [0.3, 0.4) is 0 Å². The second-order valence-corrected chi connectivity index (χ2v) is 4.50. The zero-order valence-corrected chi connectivity index (χ0v) is 10.1. The summed E-state index contributed by atoms with van der Waals surface area (Å²) >= 11 is 5.61. The van der Waals surface area contributed by atoms with Gasteiger partial charge in [0, 0.05) is 5.54 Å². The molecule has 1 aromatic rings. The first kappa shape index (κ1) is 11.6. The van der Waals surface area contributed by atoms with Crippen LogP contribution in [0.15, 0.2) is 41.9 Å². The first-order valence-electron chi connectivity index (χ1n) is 5.30. The van der Waals surface area contributed by atoms with E-state index in [9.17, 15) is 0 Å². The molecule has 0 amide bonds. The molecule has 1 saturated heterocycles. The van der Waals surface area contributed by atoms with Crippen LogP contribution in [0.5, 0.6) is 0 Å². The lowest BCUT2D eigenvalue weighted by molar-refractivity contribution is -0.143. The Labute approximate surface area is 101 Å². The fourth-order valence-corrected chi connectivity index (χ4v) is 2.05. The summed E-state index contributed by atoms with van der Waals surface area (Å²) in [5, 5.41) is 0. The Morgan fingerprint density at radius 1 is 1.19 bits per heavy atom. The third-order valence-electron chi connectivity index (χ3n) is 2.52. The second kappa shape index (κ2) is 4.58. The molecule has 2 nitrogen and oxygen atoms in total. The number of halogens is 1. The van der Waals surface area contributed by atoms with Crippen molar-refractivity contribution in [2.45, 2.75) is 31.8 Å². The zero-order valence-electron chi connectivity index (χ0n) is 9.39. The lowest BCUT2D eigenvalue weighted by Crippen LogP contribution is -2.20. The van der Waals surface area contributed by atoms with Crippen LogP contribution in [-0.4, -0.2) is 11.9 Å².